The molecule has 1 fully saturated rings. The maximum atomic E-state index is 12.5. The monoisotopic (exact) mass is 315 g/mol. The van der Waals surface area contributed by atoms with E-state index < -0.39 is 12.0 Å². The molecule has 2 aromatic heterocycles. The molecule has 2 aromatic rings. The van der Waals surface area contributed by atoms with E-state index in [1.54, 1.807) is 6.20 Å². The molecule has 0 amide bonds. The van der Waals surface area contributed by atoms with Crippen molar-refractivity contribution < 1.29 is 17.7 Å². The van der Waals surface area contributed by atoms with Crippen LogP contribution in [0.4, 0.5) is 13.2 Å². The van der Waals surface area contributed by atoms with Gasteiger partial charge in [-0.15, -0.1) is 0 Å². The normalized spacial score (nSPS) is 20.5. The van der Waals surface area contributed by atoms with Gasteiger partial charge in [-0.2, -0.15) is 18.2 Å². The van der Waals surface area contributed by atoms with Crippen molar-refractivity contribution in [1.82, 2.24) is 24.6 Å². The standard InChI is InChI=1S/C13H16F3N5O/c1-20-6-4-17-11(20)9-3-2-5-21(7-9)8-10-18-12(19-22-10)13(14,15)16/h4,6,9H,2-3,5,7-8H2,1H3/t9-/m1/s1. The Balaban J connectivity index is 1.66. The second-order valence-electron chi connectivity index (χ2n) is 5.48. The molecule has 1 aliphatic rings. The van der Waals surface area contributed by atoms with Gasteiger partial charge in [-0.1, -0.05) is 5.16 Å². The summed E-state index contributed by atoms with van der Waals surface area (Å²) in [6, 6.07) is 0. The Kier molecular flexibility index (Phi) is 3.90. The third-order valence-electron chi connectivity index (χ3n) is 3.81. The summed E-state index contributed by atoms with van der Waals surface area (Å²) in [5.41, 5.74) is 0. The average molecular weight is 315 g/mol. The van der Waals surface area contributed by atoms with E-state index in [0.29, 0.717) is 6.54 Å². The summed E-state index contributed by atoms with van der Waals surface area (Å²) in [5.74, 6) is 0.0259. The predicted octanol–water partition coefficient (Wildman–Crippen LogP) is 2.20. The van der Waals surface area contributed by atoms with Gasteiger partial charge in [-0.3, -0.25) is 4.90 Å². The van der Waals surface area contributed by atoms with E-state index in [1.807, 2.05) is 22.7 Å². The Labute approximate surface area is 124 Å². The third kappa shape index (κ3) is 3.13. The molecule has 6 nitrogen and oxygen atoms in total. The Morgan fingerprint density at radius 3 is 2.86 bits per heavy atom. The molecule has 9 heteroatoms. The molecule has 22 heavy (non-hydrogen) atoms. The Morgan fingerprint density at radius 1 is 1.41 bits per heavy atom. The Morgan fingerprint density at radius 2 is 2.23 bits per heavy atom. The van der Waals surface area contributed by atoms with Gasteiger partial charge in [-0.05, 0) is 19.4 Å². The van der Waals surface area contributed by atoms with Crippen molar-refractivity contribution in [3.8, 4) is 0 Å². The van der Waals surface area contributed by atoms with Gasteiger partial charge in [0.15, 0.2) is 0 Å². The zero-order valence-electron chi connectivity index (χ0n) is 12.0. The highest BCUT2D eigenvalue weighted by atomic mass is 19.4. The highest BCUT2D eigenvalue weighted by molar-refractivity contribution is 5.03. The first-order valence-electron chi connectivity index (χ1n) is 7.03. The first-order chi connectivity index (χ1) is 10.4. The fraction of sp³-hybridized carbons (Fsp3) is 0.615. The van der Waals surface area contributed by atoms with Crippen LogP contribution in [0.15, 0.2) is 16.9 Å². The zero-order chi connectivity index (χ0) is 15.7. The van der Waals surface area contributed by atoms with Crippen LogP contribution in [0.25, 0.3) is 0 Å². The SMILES string of the molecule is Cn1ccnc1[C@@H]1CCCN(Cc2nc(C(F)(F)F)no2)C1. The van der Waals surface area contributed by atoms with E-state index in [4.69, 9.17) is 4.52 Å². The number of nitrogens with zero attached hydrogens (tertiary/aromatic N) is 5. The van der Waals surface area contributed by atoms with Gasteiger partial charge < -0.3 is 9.09 Å². The van der Waals surface area contributed by atoms with Crippen LogP contribution in [0.5, 0.6) is 0 Å². The number of piperidine rings is 1. The average Bonchev–Trinajstić information content (AvgIpc) is 3.07. The van der Waals surface area contributed by atoms with Gasteiger partial charge in [0.05, 0.1) is 6.54 Å². The molecule has 1 aliphatic heterocycles. The molecular weight excluding hydrogens is 299 g/mol. The minimum atomic E-state index is -4.57. The van der Waals surface area contributed by atoms with Crippen LogP contribution in [0.1, 0.15) is 36.3 Å². The van der Waals surface area contributed by atoms with Crippen LogP contribution in [-0.4, -0.2) is 37.7 Å². The van der Waals surface area contributed by atoms with Gasteiger partial charge in [0.1, 0.15) is 5.82 Å². The molecular formula is C13H16F3N5O. The predicted molar refractivity (Wildman–Crippen MR) is 69.8 cm³/mol. The number of alkyl halides is 3. The molecule has 0 bridgehead atoms. The summed E-state index contributed by atoms with van der Waals surface area (Å²) >= 11 is 0. The number of aromatic nitrogens is 4. The van der Waals surface area contributed by atoms with Gasteiger partial charge >= 0.3 is 6.18 Å². The third-order valence-corrected chi connectivity index (χ3v) is 3.81. The number of hydrogen-bond donors (Lipinski definition) is 0. The lowest BCUT2D eigenvalue weighted by atomic mass is 9.97. The number of halogens is 3. The summed E-state index contributed by atoms with van der Waals surface area (Å²) in [5, 5.41) is 2.98. The topological polar surface area (TPSA) is 60.0 Å². The molecule has 0 aliphatic carbocycles. The smallest absolute Gasteiger partial charge is 0.338 e. The number of likely N-dealkylation sites (tertiary alicyclic amines) is 1. The molecule has 3 heterocycles. The molecule has 0 aromatic carbocycles. The molecule has 0 radical (unpaired) electrons. The van der Waals surface area contributed by atoms with Crippen molar-refractivity contribution in [1.29, 1.82) is 0 Å². The molecule has 1 atom stereocenters. The lowest BCUT2D eigenvalue weighted by molar-refractivity contribution is -0.146. The maximum absolute atomic E-state index is 12.5. The molecule has 3 rings (SSSR count). The minimum absolute atomic E-state index is 0.00665. The summed E-state index contributed by atoms with van der Waals surface area (Å²) in [4.78, 5) is 9.79. The first-order valence-corrected chi connectivity index (χ1v) is 7.03. The summed E-state index contributed by atoms with van der Waals surface area (Å²) in [6.07, 6.45) is 1.04. The first kappa shape index (κ1) is 15.0. The lowest BCUT2D eigenvalue weighted by Gasteiger charge is -2.31. The van der Waals surface area contributed by atoms with Crippen molar-refractivity contribution >= 4 is 0 Å². The number of aryl methyl sites for hydroxylation is 1. The van der Waals surface area contributed by atoms with Gasteiger partial charge in [-0.25, -0.2) is 4.98 Å². The van der Waals surface area contributed by atoms with E-state index in [2.05, 4.69) is 15.1 Å². The lowest BCUT2D eigenvalue weighted by Crippen LogP contribution is -2.34. The van der Waals surface area contributed by atoms with Crippen LogP contribution in [0, 0.1) is 0 Å². The second-order valence-corrected chi connectivity index (χ2v) is 5.48. The van der Waals surface area contributed by atoms with E-state index in [-0.39, 0.29) is 18.4 Å². The summed E-state index contributed by atoms with van der Waals surface area (Å²) in [7, 11) is 1.94. The molecule has 120 valence electrons. The van der Waals surface area contributed by atoms with E-state index in [0.717, 1.165) is 25.2 Å². The van der Waals surface area contributed by atoms with Crippen LogP contribution in [-0.2, 0) is 19.8 Å². The van der Waals surface area contributed by atoms with Crippen molar-refractivity contribution in [3.63, 3.8) is 0 Å². The van der Waals surface area contributed by atoms with Gasteiger partial charge in [0.25, 0.3) is 5.82 Å². The second kappa shape index (κ2) is 5.71. The van der Waals surface area contributed by atoms with E-state index in [9.17, 15) is 13.2 Å². The number of rotatable bonds is 3. The minimum Gasteiger partial charge on any atom is -0.338 e. The highest BCUT2D eigenvalue weighted by Crippen LogP contribution is 2.28. The largest absolute Gasteiger partial charge is 0.455 e. The zero-order valence-corrected chi connectivity index (χ0v) is 12.0. The summed E-state index contributed by atoms with van der Waals surface area (Å²) < 4.78 is 44.1. The fourth-order valence-corrected chi connectivity index (χ4v) is 2.81. The molecule has 1 saturated heterocycles. The van der Waals surface area contributed by atoms with Crippen molar-refractivity contribution in [2.24, 2.45) is 7.05 Å². The van der Waals surface area contributed by atoms with Crippen LogP contribution in [0.2, 0.25) is 0 Å². The maximum Gasteiger partial charge on any atom is 0.455 e. The highest BCUT2D eigenvalue weighted by Gasteiger charge is 2.37. The van der Waals surface area contributed by atoms with Gasteiger partial charge in [0.2, 0.25) is 5.89 Å². The van der Waals surface area contributed by atoms with Crippen molar-refractivity contribution in [3.05, 3.63) is 29.9 Å². The molecule has 0 spiro atoms. The van der Waals surface area contributed by atoms with E-state index in [1.165, 1.54) is 0 Å². The van der Waals surface area contributed by atoms with Crippen LogP contribution >= 0.6 is 0 Å². The molecule has 0 unspecified atom stereocenters. The van der Waals surface area contributed by atoms with Crippen LogP contribution < -0.4 is 0 Å². The number of hydrogen-bond acceptors (Lipinski definition) is 5. The van der Waals surface area contributed by atoms with Crippen molar-refractivity contribution in [2.75, 3.05) is 13.1 Å². The van der Waals surface area contributed by atoms with Gasteiger partial charge in [0, 0.05) is 31.9 Å². The van der Waals surface area contributed by atoms with Crippen molar-refractivity contribution in [2.45, 2.75) is 31.5 Å². The molecule has 0 N–H and O–H groups in total. The summed E-state index contributed by atoms with van der Waals surface area (Å²) in [6.45, 7) is 1.74. The van der Waals surface area contributed by atoms with Crippen LogP contribution in [0.3, 0.4) is 0 Å². The van der Waals surface area contributed by atoms with E-state index >= 15 is 0 Å². The molecule has 0 saturated carbocycles. The Hall–Kier alpha value is -1.90. The fourth-order valence-electron chi connectivity index (χ4n) is 2.81. The Bertz CT molecular complexity index is 636. The quantitative estimate of drug-likeness (QED) is 0.869. The number of imidazole rings is 1.